The lowest BCUT2D eigenvalue weighted by atomic mass is 10.1. The van der Waals surface area contributed by atoms with Crippen LogP contribution in [0.2, 0.25) is 0 Å². The molecule has 8 nitrogen and oxygen atoms in total. The number of fused-ring (bicyclic) bond motifs is 5. The van der Waals surface area contributed by atoms with Gasteiger partial charge in [-0.15, -0.1) is 0 Å². The Morgan fingerprint density at radius 3 is 2.75 bits per heavy atom. The zero-order valence-corrected chi connectivity index (χ0v) is 16.1. The standard InChI is InChI=1S/C21H18F3N3O5/c22-9-3-14(23)12(15(24)4-9)6-25-20(30)13-7-26-8-16-27(10-1-2-11(5-10)32-16)21(31)17(26)19(29)18(13)28/h3-4,7,10-11,16,29H,1-2,5-6,8H2,(H,25,30)/t10-,11+,16+/m0/s1/i2D2,5D2,11D. The number of rotatable bonds is 3. The van der Waals surface area contributed by atoms with E-state index in [1.165, 1.54) is 0 Å². The highest BCUT2D eigenvalue weighted by atomic mass is 19.1. The van der Waals surface area contributed by atoms with Crippen molar-refractivity contribution < 1.29 is 39.5 Å². The molecule has 0 unspecified atom stereocenters. The van der Waals surface area contributed by atoms with Crippen LogP contribution in [0.15, 0.2) is 23.1 Å². The smallest absolute Gasteiger partial charge is 0.276 e. The first-order valence-corrected chi connectivity index (χ1v) is 9.49. The SMILES string of the molecule is [2H]C1([2H])C[C@@H]2N3C(=O)c4c(O)c(=O)c(C(=O)NCc5c(F)cc(F)cc5F)cn4C[C@H]3O[C@@]1([2H])C2([2H])[2H]. The van der Waals surface area contributed by atoms with Gasteiger partial charge in [-0.05, 0) is 19.2 Å². The second-order valence-electron chi connectivity index (χ2n) is 7.41. The van der Waals surface area contributed by atoms with Crippen molar-refractivity contribution in [2.75, 3.05) is 0 Å². The van der Waals surface area contributed by atoms with Crippen LogP contribution in [0.1, 0.15) is 52.4 Å². The predicted octanol–water partition coefficient (Wildman–Crippen LogP) is 1.63. The fourth-order valence-corrected chi connectivity index (χ4v) is 3.95. The largest absolute Gasteiger partial charge is 0.503 e. The molecule has 3 heterocycles. The van der Waals surface area contributed by atoms with Crippen molar-refractivity contribution in [3.05, 3.63) is 62.8 Å². The predicted molar refractivity (Wildman–Crippen MR) is 102 cm³/mol. The number of aromatic nitrogens is 1. The van der Waals surface area contributed by atoms with Crippen LogP contribution >= 0.6 is 0 Å². The highest BCUT2D eigenvalue weighted by molar-refractivity contribution is 5.99. The summed E-state index contributed by atoms with van der Waals surface area (Å²) in [4.78, 5) is 39.5. The number of pyridine rings is 1. The summed E-state index contributed by atoms with van der Waals surface area (Å²) in [6.07, 6.45) is -8.78. The molecule has 2 aliphatic heterocycles. The van der Waals surface area contributed by atoms with Crippen molar-refractivity contribution in [3.63, 3.8) is 0 Å². The second kappa shape index (κ2) is 7.37. The third kappa shape index (κ3) is 3.15. The topological polar surface area (TPSA) is 101 Å². The summed E-state index contributed by atoms with van der Waals surface area (Å²) < 4.78 is 88.4. The number of amides is 2. The van der Waals surface area contributed by atoms with E-state index < -0.39 is 101 Å². The molecule has 11 heteroatoms. The van der Waals surface area contributed by atoms with Gasteiger partial charge in [-0.25, -0.2) is 13.2 Å². The minimum Gasteiger partial charge on any atom is -0.503 e. The minimum absolute atomic E-state index is 0.389. The van der Waals surface area contributed by atoms with Gasteiger partial charge in [0.15, 0.2) is 17.7 Å². The van der Waals surface area contributed by atoms with E-state index in [2.05, 4.69) is 5.32 Å². The molecule has 5 rings (SSSR count). The van der Waals surface area contributed by atoms with Gasteiger partial charge in [0.1, 0.15) is 23.0 Å². The third-order valence-corrected chi connectivity index (χ3v) is 5.48. The summed E-state index contributed by atoms with van der Waals surface area (Å²) in [6.45, 7) is -1.16. The van der Waals surface area contributed by atoms with Crippen LogP contribution < -0.4 is 10.7 Å². The summed E-state index contributed by atoms with van der Waals surface area (Å²) in [6, 6.07) is -0.621. The molecule has 3 atom stereocenters. The Labute approximate surface area is 186 Å². The fraction of sp³-hybridized carbons (Fsp3) is 0.381. The molecule has 0 spiro atoms. The molecule has 168 valence electrons. The van der Waals surface area contributed by atoms with E-state index in [-0.39, 0.29) is 6.54 Å². The van der Waals surface area contributed by atoms with Gasteiger partial charge in [0.2, 0.25) is 5.43 Å². The van der Waals surface area contributed by atoms with Crippen molar-refractivity contribution >= 4 is 11.8 Å². The van der Waals surface area contributed by atoms with E-state index in [4.69, 9.17) is 11.6 Å². The quantitative estimate of drug-likeness (QED) is 0.735. The molecule has 2 amide bonds. The monoisotopic (exact) mass is 454 g/mol. The number of benzene rings is 1. The third-order valence-electron chi connectivity index (χ3n) is 5.48. The lowest BCUT2D eigenvalue weighted by molar-refractivity contribution is -0.132. The van der Waals surface area contributed by atoms with Gasteiger partial charge in [0.25, 0.3) is 11.8 Å². The first-order valence-electron chi connectivity index (χ1n) is 12.0. The highest BCUT2D eigenvalue weighted by Crippen LogP contribution is 2.38. The van der Waals surface area contributed by atoms with Crippen LogP contribution in [0.3, 0.4) is 0 Å². The molecule has 2 aromatic rings. The molecule has 1 saturated carbocycles. The molecule has 1 saturated heterocycles. The number of ether oxygens (including phenoxy) is 1. The van der Waals surface area contributed by atoms with Gasteiger partial charge in [-0.3, -0.25) is 14.4 Å². The maximum atomic E-state index is 13.9. The molecule has 1 aromatic carbocycles. The van der Waals surface area contributed by atoms with Crippen LogP contribution in [0.5, 0.6) is 5.75 Å². The van der Waals surface area contributed by atoms with Crippen LogP contribution in [-0.4, -0.2) is 44.7 Å². The fourth-order valence-electron chi connectivity index (χ4n) is 3.95. The Kier molecular flexibility index (Phi) is 3.56. The van der Waals surface area contributed by atoms with E-state index in [9.17, 15) is 32.7 Å². The summed E-state index contributed by atoms with van der Waals surface area (Å²) >= 11 is 0. The van der Waals surface area contributed by atoms with E-state index in [0.29, 0.717) is 12.1 Å². The molecule has 2 bridgehead atoms. The van der Waals surface area contributed by atoms with Gasteiger partial charge in [0.05, 0.1) is 14.0 Å². The maximum Gasteiger partial charge on any atom is 0.276 e. The van der Waals surface area contributed by atoms with Crippen LogP contribution in [-0.2, 0) is 17.8 Å². The summed E-state index contributed by atoms with van der Waals surface area (Å²) in [5, 5.41) is 12.6. The van der Waals surface area contributed by atoms with Gasteiger partial charge in [-0.1, -0.05) is 0 Å². The number of nitrogens with zero attached hydrogens (tertiary/aromatic N) is 2. The number of nitrogens with one attached hydrogen (secondary N) is 1. The first kappa shape index (κ1) is 15.5. The van der Waals surface area contributed by atoms with E-state index in [1.807, 2.05) is 0 Å². The molecular weight excluding hydrogens is 431 g/mol. The first-order chi connectivity index (χ1) is 17.1. The van der Waals surface area contributed by atoms with Gasteiger partial charge >= 0.3 is 0 Å². The van der Waals surface area contributed by atoms with Gasteiger partial charge in [0, 0.05) is 42.0 Å². The average Bonchev–Trinajstić information content (AvgIpc) is 2.85. The Balaban J connectivity index is 1.48. The zero-order chi connectivity index (χ0) is 27.2. The molecule has 2 N–H and O–H groups in total. The van der Waals surface area contributed by atoms with Crippen molar-refractivity contribution in [1.29, 1.82) is 0 Å². The zero-order valence-electron chi connectivity index (χ0n) is 21.1. The van der Waals surface area contributed by atoms with Crippen molar-refractivity contribution in [2.24, 2.45) is 0 Å². The summed E-state index contributed by atoms with van der Waals surface area (Å²) in [5.74, 6) is -7.12. The van der Waals surface area contributed by atoms with E-state index in [0.717, 1.165) is 15.7 Å². The van der Waals surface area contributed by atoms with Crippen LogP contribution in [0.4, 0.5) is 13.2 Å². The van der Waals surface area contributed by atoms with Gasteiger partial charge < -0.3 is 24.6 Å². The highest BCUT2D eigenvalue weighted by Gasteiger charge is 2.47. The number of aromatic hydroxyl groups is 1. The maximum absolute atomic E-state index is 13.9. The number of carbonyl (C=O) groups is 2. The molecule has 2 fully saturated rings. The Morgan fingerprint density at radius 2 is 2.03 bits per heavy atom. The molecule has 0 radical (unpaired) electrons. The molecular formula is C21H18F3N3O5. The normalized spacial score (nSPS) is 31.4. The van der Waals surface area contributed by atoms with Crippen molar-refractivity contribution in [1.82, 2.24) is 14.8 Å². The number of hydrogen-bond acceptors (Lipinski definition) is 5. The molecule has 1 aromatic heterocycles. The average molecular weight is 454 g/mol. The Hall–Kier alpha value is -3.34. The number of halogens is 3. The van der Waals surface area contributed by atoms with Gasteiger partial charge in [-0.2, -0.15) is 0 Å². The number of hydrogen-bond donors (Lipinski definition) is 2. The lowest BCUT2D eigenvalue weighted by Gasteiger charge is -2.44. The molecule has 1 aliphatic carbocycles. The second-order valence-corrected chi connectivity index (χ2v) is 7.41. The Morgan fingerprint density at radius 1 is 1.31 bits per heavy atom. The Bertz CT molecular complexity index is 1410. The molecule has 3 aliphatic rings. The minimum atomic E-state index is -2.66. The van der Waals surface area contributed by atoms with Crippen molar-refractivity contribution in [2.45, 2.75) is 50.6 Å². The van der Waals surface area contributed by atoms with Crippen LogP contribution in [0.25, 0.3) is 0 Å². The summed E-state index contributed by atoms with van der Waals surface area (Å²) in [5.41, 5.74) is -3.29. The molecule has 32 heavy (non-hydrogen) atoms. The van der Waals surface area contributed by atoms with E-state index >= 15 is 0 Å². The lowest BCUT2D eigenvalue weighted by Crippen LogP contribution is -2.57. The van der Waals surface area contributed by atoms with E-state index in [1.54, 1.807) is 0 Å². The number of carbonyl (C=O) groups excluding carboxylic acids is 2. The van der Waals surface area contributed by atoms with Crippen LogP contribution in [0, 0.1) is 17.5 Å². The summed E-state index contributed by atoms with van der Waals surface area (Å²) in [7, 11) is 0. The van der Waals surface area contributed by atoms with Crippen molar-refractivity contribution in [3.8, 4) is 5.75 Å².